The van der Waals surface area contributed by atoms with Crippen LogP contribution in [0.4, 0.5) is 0 Å². The van der Waals surface area contributed by atoms with Gasteiger partial charge in [0.25, 0.3) is 0 Å². The van der Waals surface area contributed by atoms with Gasteiger partial charge in [-0.1, -0.05) is 27.7 Å². The predicted octanol–water partition coefficient (Wildman–Crippen LogP) is 2.29. The average Bonchev–Trinajstić information content (AvgIpc) is 2.05. The Morgan fingerprint density at radius 2 is 2.00 bits per heavy atom. The second-order valence-electron chi connectivity index (χ2n) is 4.52. The number of methoxy groups -OCH3 is 1. The van der Waals surface area contributed by atoms with Crippen LogP contribution in [0.1, 0.15) is 34.1 Å². The van der Waals surface area contributed by atoms with Crippen molar-refractivity contribution in [3.8, 4) is 0 Å². The van der Waals surface area contributed by atoms with E-state index in [1.54, 1.807) is 7.11 Å². The summed E-state index contributed by atoms with van der Waals surface area (Å²) in [5, 5.41) is 3.46. The molecule has 0 saturated heterocycles. The summed E-state index contributed by atoms with van der Waals surface area (Å²) < 4.78 is 5.17. The second-order valence-corrected chi connectivity index (χ2v) is 4.52. The van der Waals surface area contributed by atoms with E-state index in [0.29, 0.717) is 11.3 Å². The van der Waals surface area contributed by atoms with Crippen LogP contribution in [0.3, 0.4) is 0 Å². The van der Waals surface area contributed by atoms with E-state index in [-0.39, 0.29) is 0 Å². The second kappa shape index (κ2) is 6.39. The largest absolute Gasteiger partial charge is 0.384 e. The van der Waals surface area contributed by atoms with Crippen molar-refractivity contribution < 1.29 is 4.74 Å². The molecule has 0 aromatic rings. The van der Waals surface area contributed by atoms with E-state index in [4.69, 9.17) is 4.74 Å². The summed E-state index contributed by atoms with van der Waals surface area (Å²) in [6, 6.07) is 0. The minimum Gasteiger partial charge on any atom is -0.384 e. The van der Waals surface area contributed by atoms with Crippen LogP contribution < -0.4 is 5.32 Å². The van der Waals surface area contributed by atoms with Gasteiger partial charge < -0.3 is 10.1 Å². The van der Waals surface area contributed by atoms with E-state index in [0.717, 1.165) is 19.7 Å². The highest BCUT2D eigenvalue weighted by molar-refractivity contribution is 4.77. The topological polar surface area (TPSA) is 21.3 Å². The minimum atomic E-state index is 0.325. The molecule has 0 fully saturated rings. The fraction of sp³-hybridized carbons (Fsp3) is 1.00. The van der Waals surface area contributed by atoms with Gasteiger partial charge in [0.15, 0.2) is 0 Å². The van der Waals surface area contributed by atoms with Crippen LogP contribution in [0.2, 0.25) is 0 Å². The normalized spacial score (nSPS) is 14.5. The van der Waals surface area contributed by atoms with Gasteiger partial charge >= 0.3 is 0 Å². The Kier molecular flexibility index (Phi) is 6.35. The van der Waals surface area contributed by atoms with Crippen LogP contribution in [-0.2, 0) is 4.74 Å². The molecule has 0 aromatic heterocycles. The number of rotatable bonds is 7. The zero-order valence-corrected chi connectivity index (χ0v) is 9.81. The maximum Gasteiger partial charge on any atom is 0.0493 e. The molecule has 0 aliphatic carbocycles. The molecule has 0 aliphatic rings. The quantitative estimate of drug-likeness (QED) is 0.617. The van der Waals surface area contributed by atoms with Crippen LogP contribution in [0.25, 0.3) is 0 Å². The molecule has 0 radical (unpaired) electrons. The van der Waals surface area contributed by atoms with Crippen molar-refractivity contribution in [2.24, 2.45) is 11.3 Å². The monoisotopic (exact) mass is 187 g/mol. The fourth-order valence-electron chi connectivity index (χ4n) is 1.24. The Balaban J connectivity index is 3.76. The molecule has 0 rings (SSSR count). The number of nitrogens with one attached hydrogen (secondary N) is 1. The van der Waals surface area contributed by atoms with Gasteiger partial charge in [-0.3, -0.25) is 0 Å². The first-order valence-corrected chi connectivity index (χ1v) is 5.24. The molecule has 2 nitrogen and oxygen atoms in total. The summed E-state index contributed by atoms with van der Waals surface area (Å²) in [4.78, 5) is 0. The molecule has 0 amide bonds. The van der Waals surface area contributed by atoms with Gasteiger partial charge in [0.1, 0.15) is 0 Å². The van der Waals surface area contributed by atoms with Gasteiger partial charge in [-0.15, -0.1) is 0 Å². The van der Waals surface area contributed by atoms with E-state index in [9.17, 15) is 0 Å². The third kappa shape index (κ3) is 5.27. The van der Waals surface area contributed by atoms with Crippen molar-refractivity contribution in [1.82, 2.24) is 5.32 Å². The predicted molar refractivity (Wildman–Crippen MR) is 58.0 cm³/mol. The van der Waals surface area contributed by atoms with Crippen LogP contribution in [0.5, 0.6) is 0 Å². The Morgan fingerprint density at radius 3 is 2.46 bits per heavy atom. The molecule has 80 valence electrons. The molecule has 13 heavy (non-hydrogen) atoms. The molecular formula is C11H25NO. The zero-order valence-electron chi connectivity index (χ0n) is 9.81. The Labute approximate surface area is 83.1 Å². The van der Waals surface area contributed by atoms with Gasteiger partial charge in [0, 0.05) is 20.3 Å². The van der Waals surface area contributed by atoms with E-state index >= 15 is 0 Å². The average molecular weight is 187 g/mol. The smallest absolute Gasteiger partial charge is 0.0493 e. The van der Waals surface area contributed by atoms with Gasteiger partial charge in [-0.2, -0.15) is 0 Å². The molecule has 1 unspecified atom stereocenters. The van der Waals surface area contributed by atoms with E-state index in [1.807, 2.05) is 0 Å². The molecule has 0 aromatic carbocycles. The van der Waals surface area contributed by atoms with Gasteiger partial charge in [0.05, 0.1) is 0 Å². The maximum atomic E-state index is 5.17. The molecule has 2 heteroatoms. The summed E-state index contributed by atoms with van der Waals surface area (Å²) in [6.07, 6.45) is 1.20. The Morgan fingerprint density at radius 1 is 1.38 bits per heavy atom. The van der Waals surface area contributed by atoms with E-state index < -0.39 is 0 Å². The lowest BCUT2D eigenvalue weighted by Gasteiger charge is -2.31. The SMILES string of the molecule is CCCNCC(C)(C)C(C)COC. The van der Waals surface area contributed by atoms with Gasteiger partial charge in [-0.25, -0.2) is 0 Å². The maximum absolute atomic E-state index is 5.17. The van der Waals surface area contributed by atoms with Crippen molar-refractivity contribution >= 4 is 0 Å². The molecular weight excluding hydrogens is 162 g/mol. The Bertz CT molecular complexity index is 123. The first-order valence-electron chi connectivity index (χ1n) is 5.24. The van der Waals surface area contributed by atoms with Crippen molar-refractivity contribution in [2.45, 2.75) is 34.1 Å². The standard InChI is InChI=1S/C11H25NO/c1-6-7-12-9-11(3,4)10(2)8-13-5/h10,12H,6-9H2,1-5H3. The molecule has 0 spiro atoms. The minimum absolute atomic E-state index is 0.325. The van der Waals surface area contributed by atoms with Crippen molar-refractivity contribution in [3.63, 3.8) is 0 Å². The van der Waals surface area contributed by atoms with Crippen LogP contribution >= 0.6 is 0 Å². The van der Waals surface area contributed by atoms with Crippen LogP contribution in [0, 0.1) is 11.3 Å². The van der Waals surface area contributed by atoms with Gasteiger partial charge in [-0.05, 0) is 24.3 Å². The molecule has 0 aliphatic heterocycles. The summed E-state index contributed by atoms with van der Waals surface area (Å²) in [5.41, 5.74) is 0.325. The Hall–Kier alpha value is -0.0800. The van der Waals surface area contributed by atoms with E-state index in [2.05, 4.69) is 33.0 Å². The van der Waals surface area contributed by atoms with Crippen LogP contribution in [0.15, 0.2) is 0 Å². The highest BCUT2D eigenvalue weighted by Gasteiger charge is 2.24. The van der Waals surface area contributed by atoms with Crippen LogP contribution in [-0.4, -0.2) is 26.8 Å². The molecule has 0 bridgehead atoms. The number of hydrogen-bond donors (Lipinski definition) is 1. The summed E-state index contributed by atoms with van der Waals surface area (Å²) >= 11 is 0. The van der Waals surface area contributed by atoms with E-state index in [1.165, 1.54) is 6.42 Å². The lowest BCUT2D eigenvalue weighted by Crippen LogP contribution is -2.36. The molecule has 0 heterocycles. The summed E-state index contributed by atoms with van der Waals surface area (Å²) in [6.45, 7) is 12.1. The number of hydrogen-bond acceptors (Lipinski definition) is 2. The summed E-state index contributed by atoms with van der Waals surface area (Å²) in [5.74, 6) is 0.599. The van der Waals surface area contributed by atoms with Crippen molar-refractivity contribution in [3.05, 3.63) is 0 Å². The highest BCUT2D eigenvalue weighted by Crippen LogP contribution is 2.25. The lowest BCUT2D eigenvalue weighted by molar-refractivity contribution is 0.0910. The molecule has 1 N–H and O–H groups in total. The third-order valence-electron chi connectivity index (χ3n) is 2.76. The molecule has 1 atom stereocenters. The first-order chi connectivity index (χ1) is 6.04. The van der Waals surface area contributed by atoms with Gasteiger partial charge in [0.2, 0.25) is 0 Å². The summed E-state index contributed by atoms with van der Waals surface area (Å²) in [7, 11) is 1.77. The lowest BCUT2D eigenvalue weighted by atomic mass is 9.80. The van der Waals surface area contributed by atoms with Crippen molar-refractivity contribution in [1.29, 1.82) is 0 Å². The fourth-order valence-corrected chi connectivity index (χ4v) is 1.24. The zero-order chi connectivity index (χ0) is 10.3. The first kappa shape index (κ1) is 12.9. The third-order valence-corrected chi connectivity index (χ3v) is 2.76. The van der Waals surface area contributed by atoms with Crippen molar-refractivity contribution in [2.75, 3.05) is 26.8 Å². The highest BCUT2D eigenvalue weighted by atomic mass is 16.5. The molecule has 0 saturated carbocycles. The number of ether oxygens (including phenoxy) is 1.